The third-order valence-electron chi connectivity index (χ3n) is 4.44. The second-order valence-electron chi connectivity index (χ2n) is 5.15. The van der Waals surface area contributed by atoms with Crippen LogP contribution in [0.4, 0.5) is 0 Å². The molecule has 0 heterocycles. The highest BCUT2D eigenvalue weighted by Crippen LogP contribution is 2.37. The molecule has 0 aromatic heterocycles. The van der Waals surface area contributed by atoms with E-state index in [9.17, 15) is 8.42 Å². The van der Waals surface area contributed by atoms with E-state index in [0.29, 0.717) is 6.54 Å². The van der Waals surface area contributed by atoms with Gasteiger partial charge in [0.25, 0.3) is 0 Å². The molecule has 0 aromatic carbocycles. The van der Waals surface area contributed by atoms with Gasteiger partial charge in [-0.15, -0.1) is 0 Å². The van der Waals surface area contributed by atoms with Crippen LogP contribution in [0.2, 0.25) is 0 Å². The highest BCUT2D eigenvalue weighted by Gasteiger charge is 2.41. The number of rotatable bonds is 5. The SMILES string of the molecule is CCC1CCC(CN)(N(C)S(=O)(=O)CC)CC1. The standard InChI is InChI=1S/C12H26N2O2S/c1-4-11-6-8-12(10-13,9-7-11)14(3)17(15,16)5-2/h11H,4-10,13H2,1-3H3. The lowest BCUT2D eigenvalue weighted by Gasteiger charge is -2.44. The molecular weight excluding hydrogens is 236 g/mol. The van der Waals surface area contributed by atoms with Gasteiger partial charge in [0, 0.05) is 19.1 Å². The maximum Gasteiger partial charge on any atom is 0.214 e. The summed E-state index contributed by atoms with van der Waals surface area (Å²) in [6.45, 7) is 4.32. The summed E-state index contributed by atoms with van der Waals surface area (Å²) < 4.78 is 25.5. The number of hydrogen-bond donors (Lipinski definition) is 1. The normalized spacial score (nSPS) is 30.8. The molecule has 0 aromatic rings. The molecule has 0 spiro atoms. The van der Waals surface area contributed by atoms with Crippen LogP contribution in [0, 0.1) is 5.92 Å². The average Bonchev–Trinajstić information content (AvgIpc) is 2.38. The average molecular weight is 262 g/mol. The van der Waals surface area contributed by atoms with Crippen molar-refractivity contribution in [2.45, 2.75) is 51.5 Å². The molecule has 0 atom stereocenters. The van der Waals surface area contributed by atoms with Gasteiger partial charge in [-0.25, -0.2) is 8.42 Å². The third kappa shape index (κ3) is 3.01. The van der Waals surface area contributed by atoms with E-state index < -0.39 is 10.0 Å². The summed E-state index contributed by atoms with van der Waals surface area (Å²) in [5.41, 5.74) is 5.54. The summed E-state index contributed by atoms with van der Waals surface area (Å²) in [4.78, 5) is 0. The fraction of sp³-hybridized carbons (Fsp3) is 1.00. The Morgan fingerprint density at radius 3 is 2.18 bits per heavy atom. The van der Waals surface area contributed by atoms with Crippen molar-refractivity contribution < 1.29 is 8.42 Å². The van der Waals surface area contributed by atoms with Crippen molar-refractivity contribution in [3.05, 3.63) is 0 Å². The fourth-order valence-electron chi connectivity index (χ4n) is 2.76. The first-order valence-electron chi connectivity index (χ1n) is 6.58. The third-order valence-corrected chi connectivity index (χ3v) is 6.39. The van der Waals surface area contributed by atoms with Crippen molar-refractivity contribution in [3.8, 4) is 0 Å². The summed E-state index contributed by atoms with van der Waals surface area (Å²) in [6.07, 6.45) is 5.18. The Morgan fingerprint density at radius 1 is 1.29 bits per heavy atom. The Hall–Kier alpha value is -0.130. The Kier molecular flexibility index (Phi) is 4.98. The minimum absolute atomic E-state index is 0.155. The van der Waals surface area contributed by atoms with Gasteiger partial charge in [0.05, 0.1) is 5.75 Å². The molecule has 1 aliphatic rings. The van der Waals surface area contributed by atoms with E-state index in [1.165, 1.54) is 6.42 Å². The predicted molar refractivity (Wildman–Crippen MR) is 71.3 cm³/mol. The highest BCUT2D eigenvalue weighted by molar-refractivity contribution is 7.89. The van der Waals surface area contributed by atoms with E-state index >= 15 is 0 Å². The van der Waals surface area contributed by atoms with Gasteiger partial charge in [-0.3, -0.25) is 0 Å². The molecule has 0 bridgehead atoms. The van der Waals surface area contributed by atoms with Gasteiger partial charge in [-0.2, -0.15) is 4.31 Å². The second kappa shape index (κ2) is 5.67. The summed E-state index contributed by atoms with van der Waals surface area (Å²) in [6, 6.07) is 0. The molecule has 1 aliphatic carbocycles. The number of sulfonamides is 1. The van der Waals surface area contributed by atoms with Crippen LogP contribution in [0.3, 0.4) is 0 Å². The minimum Gasteiger partial charge on any atom is -0.329 e. The maximum atomic E-state index is 12.0. The molecule has 4 nitrogen and oxygen atoms in total. The Labute approximate surface area is 106 Å². The lowest BCUT2D eigenvalue weighted by atomic mass is 9.75. The van der Waals surface area contributed by atoms with Crippen LogP contribution in [-0.2, 0) is 10.0 Å². The predicted octanol–water partition coefficient (Wildman–Crippen LogP) is 1.57. The number of hydrogen-bond acceptors (Lipinski definition) is 3. The zero-order valence-electron chi connectivity index (χ0n) is 11.3. The monoisotopic (exact) mass is 262 g/mol. The Balaban J connectivity index is 2.84. The first-order valence-corrected chi connectivity index (χ1v) is 8.19. The first kappa shape index (κ1) is 14.9. The largest absolute Gasteiger partial charge is 0.329 e. The lowest BCUT2D eigenvalue weighted by molar-refractivity contribution is 0.129. The molecule has 0 aliphatic heterocycles. The van der Waals surface area contributed by atoms with E-state index in [4.69, 9.17) is 5.73 Å². The van der Waals surface area contributed by atoms with Gasteiger partial charge in [-0.05, 0) is 38.5 Å². The van der Waals surface area contributed by atoms with E-state index in [0.717, 1.165) is 31.6 Å². The van der Waals surface area contributed by atoms with Crippen molar-refractivity contribution in [2.24, 2.45) is 11.7 Å². The molecule has 2 N–H and O–H groups in total. The molecule has 0 radical (unpaired) electrons. The molecule has 1 rings (SSSR count). The van der Waals surface area contributed by atoms with Gasteiger partial charge in [0.2, 0.25) is 10.0 Å². The smallest absolute Gasteiger partial charge is 0.214 e. The molecule has 102 valence electrons. The van der Waals surface area contributed by atoms with Crippen LogP contribution >= 0.6 is 0 Å². The Morgan fingerprint density at radius 2 is 1.82 bits per heavy atom. The van der Waals surface area contributed by atoms with Gasteiger partial charge in [-0.1, -0.05) is 13.3 Å². The highest BCUT2D eigenvalue weighted by atomic mass is 32.2. The van der Waals surface area contributed by atoms with E-state index in [1.807, 2.05) is 0 Å². The maximum absolute atomic E-state index is 12.0. The molecular formula is C12H26N2O2S. The van der Waals surface area contributed by atoms with Gasteiger partial charge >= 0.3 is 0 Å². The zero-order chi connectivity index (χ0) is 13.1. The number of nitrogens with two attached hydrogens (primary N) is 1. The molecule has 0 saturated heterocycles. The van der Waals surface area contributed by atoms with Crippen LogP contribution in [0.15, 0.2) is 0 Å². The number of likely N-dealkylation sites (N-methyl/N-ethyl adjacent to an activating group) is 1. The summed E-state index contributed by atoms with van der Waals surface area (Å²) >= 11 is 0. The number of nitrogens with zero attached hydrogens (tertiary/aromatic N) is 1. The molecule has 5 heteroatoms. The van der Waals surface area contributed by atoms with Crippen LogP contribution in [0.1, 0.15) is 46.0 Å². The zero-order valence-corrected chi connectivity index (χ0v) is 12.1. The van der Waals surface area contributed by atoms with Crippen LogP contribution < -0.4 is 5.73 Å². The second-order valence-corrected chi connectivity index (χ2v) is 7.44. The van der Waals surface area contributed by atoms with Gasteiger partial charge < -0.3 is 5.73 Å². The molecule has 1 fully saturated rings. The molecule has 17 heavy (non-hydrogen) atoms. The van der Waals surface area contributed by atoms with Crippen LogP contribution in [-0.4, -0.2) is 37.6 Å². The van der Waals surface area contributed by atoms with Crippen molar-refractivity contribution in [3.63, 3.8) is 0 Å². The van der Waals surface area contributed by atoms with Crippen molar-refractivity contribution in [1.82, 2.24) is 4.31 Å². The van der Waals surface area contributed by atoms with E-state index in [1.54, 1.807) is 18.3 Å². The van der Waals surface area contributed by atoms with Gasteiger partial charge in [0.15, 0.2) is 0 Å². The van der Waals surface area contributed by atoms with E-state index in [2.05, 4.69) is 6.92 Å². The van der Waals surface area contributed by atoms with Crippen molar-refractivity contribution in [2.75, 3.05) is 19.3 Å². The Bertz CT molecular complexity index is 332. The van der Waals surface area contributed by atoms with Crippen LogP contribution in [0.25, 0.3) is 0 Å². The summed E-state index contributed by atoms with van der Waals surface area (Å²) in [5, 5.41) is 0. The van der Waals surface area contributed by atoms with Crippen molar-refractivity contribution in [1.29, 1.82) is 0 Å². The molecule has 1 saturated carbocycles. The summed E-state index contributed by atoms with van der Waals surface area (Å²) in [7, 11) is -1.45. The van der Waals surface area contributed by atoms with E-state index in [-0.39, 0.29) is 11.3 Å². The molecule has 0 unspecified atom stereocenters. The minimum atomic E-state index is -3.14. The molecule has 0 amide bonds. The summed E-state index contributed by atoms with van der Waals surface area (Å²) in [5.74, 6) is 0.898. The fourth-order valence-corrected chi connectivity index (χ4v) is 3.99. The first-order chi connectivity index (χ1) is 7.91. The van der Waals surface area contributed by atoms with Crippen LogP contribution in [0.5, 0.6) is 0 Å². The lowest BCUT2D eigenvalue weighted by Crippen LogP contribution is -2.56. The van der Waals surface area contributed by atoms with Gasteiger partial charge in [0.1, 0.15) is 0 Å². The quantitative estimate of drug-likeness (QED) is 0.818. The van der Waals surface area contributed by atoms with Crippen molar-refractivity contribution >= 4 is 10.0 Å². The topological polar surface area (TPSA) is 63.4 Å².